The fourth-order valence-electron chi connectivity index (χ4n) is 0. The Morgan fingerprint density at radius 3 is 1.80 bits per heavy atom. The zero-order chi connectivity index (χ0) is 4.28. The van der Waals surface area contributed by atoms with Crippen LogP contribution in [0.4, 0.5) is 0 Å². The van der Waals surface area contributed by atoms with E-state index >= 15 is 0 Å². The van der Waals surface area contributed by atoms with Gasteiger partial charge >= 0.3 is 40.1 Å². The molecule has 0 heterocycles. The predicted molar refractivity (Wildman–Crippen MR) is 16.2 cm³/mol. The van der Waals surface area contributed by atoms with Crippen LogP contribution < -0.4 is 0 Å². The van der Waals surface area contributed by atoms with Gasteiger partial charge in [-0.2, -0.15) is 0 Å². The van der Waals surface area contributed by atoms with E-state index < -0.39 is 0 Å². The third-order valence-electron chi connectivity index (χ3n) is 0.142. The topological polar surface area (TPSA) is 9.23 Å². The van der Waals surface area contributed by atoms with Gasteiger partial charge in [-0.05, 0) is 0 Å². The van der Waals surface area contributed by atoms with E-state index in [0.29, 0.717) is 0 Å². The Morgan fingerprint density at radius 2 is 1.80 bits per heavy atom. The fraction of sp³-hybridized carbons (Fsp3) is 1.00. The van der Waals surface area contributed by atoms with E-state index in [2.05, 4.69) is 20.2 Å². The molecule has 0 aromatic rings. The Balaban J connectivity index is 2.54. The average molecular weight is 123 g/mol. The molecule has 0 saturated heterocycles. The summed E-state index contributed by atoms with van der Waals surface area (Å²) < 4.78 is 4.31. The molecule has 0 aromatic carbocycles. The van der Waals surface area contributed by atoms with Crippen LogP contribution in [0.15, 0.2) is 0 Å². The molecule has 0 atom stereocenters. The minimum atomic E-state index is 0.190. The molecule has 0 aromatic heterocycles. The molecule has 0 unspecified atom stereocenters. The van der Waals surface area contributed by atoms with Crippen LogP contribution in [-0.4, -0.2) is 6.10 Å². The summed E-state index contributed by atoms with van der Waals surface area (Å²) in [6, 6.07) is 0. The van der Waals surface area contributed by atoms with Gasteiger partial charge in [0, 0.05) is 0 Å². The molecule has 0 rings (SSSR count). The standard InChI is InChI=1S/C3H7O.Cu/c1-3(2)4;/h3H,1-2H3;/q-1;+1. The minimum absolute atomic E-state index is 0.190. The van der Waals surface area contributed by atoms with Crippen molar-refractivity contribution in [3.05, 3.63) is 0 Å². The van der Waals surface area contributed by atoms with Crippen LogP contribution in [0.2, 0.25) is 0 Å². The van der Waals surface area contributed by atoms with Gasteiger partial charge in [0.15, 0.2) is 0 Å². The van der Waals surface area contributed by atoms with Crippen LogP contribution in [0.25, 0.3) is 0 Å². The van der Waals surface area contributed by atoms with Gasteiger partial charge in [-0.25, -0.2) is 0 Å². The van der Waals surface area contributed by atoms with Crippen LogP contribution in [-0.2, 0) is 20.2 Å². The molecule has 0 radical (unpaired) electrons. The SMILES string of the molecule is CC(C)[O][Cu]. The molecule has 0 N–H and O–H groups in total. The zero-order valence-electron chi connectivity index (χ0n) is 3.29. The van der Waals surface area contributed by atoms with E-state index in [1.807, 2.05) is 13.8 Å². The van der Waals surface area contributed by atoms with Crippen molar-refractivity contribution in [2.24, 2.45) is 0 Å². The van der Waals surface area contributed by atoms with Gasteiger partial charge in [0.25, 0.3) is 0 Å². The summed E-state index contributed by atoms with van der Waals surface area (Å²) in [7, 11) is 0. The van der Waals surface area contributed by atoms with E-state index in [1.165, 1.54) is 0 Å². The van der Waals surface area contributed by atoms with E-state index in [4.69, 9.17) is 0 Å². The van der Waals surface area contributed by atoms with Crippen molar-refractivity contribution in [3.63, 3.8) is 0 Å². The Bertz CT molecular complexity index is 20.9. The van der Waals surface area contributed by atoms with Crippen LogP contribution in [0, 0.1) is 0 Å². The molecule has 0 amide bonds. The van der Waals surface area contributed by atoms with Gasteiger partial charge in [0.2, 0.25) is 0 Å². The fourth-order valence-corrected chi connectivity index (χ4v) is 0. The van der Waals surface area contributed by atoms with Crippen molar-refractivity contribution in [3.8, 4) is 0 Å². The first kappa shape index (κ1) is 5.48. The van der Waals surface area contributed by atoms with Gasteiger partial charge in [0.05, 0.1) is 0 Å². The molecule has 0 aliphatic rings. The first-order chi connectivity index (χ1) is 2.27. The quantitative estimate of drug-likeness (QED) is 0.469. The van der Waals surface area contributed by atoms with Crippen molar-refractivity contribution in [2.45, 2.75) is 20.0 Å². The average Bonchev–Trinajstić information content (AvgIpc) is 1.38. The van der Waals surface area contributed by atoms with Crippen molar-refractivity contribution in [2.75, 3.05) is 0 Å². The number of hydrogen-bond donors (Lipinski definition) is 0. The van der Waals surface area contributed by atoms with Crippen molar-refractivity contribution < 1.29 is 20.2 Å². The van der Waals surface area contributed by atoms with Crippen LogP contribution in [0.1, 0.15) is 13.8 Å². The van der Waals surface area contributed by atoms with Crippen molar-refractivity contribution >= 4 is 0 Å². The monoisotopic (exact) mass is 122 g/mol. The van der Waals surface area contributed by atoms with E-state index in [9.17, 15) is 0 Å². The molecule has 0 fully saturated rings. The first-order valence-corrected chi connectivity index (χ1v) is 1.90. The van der Waals surface area contributed by atoms with Crippen molar-refractivity contribution in [1.29, 1.82) is 0 Å². The summed E-state index contributed by atoms with van der Waals surface area (Å²) in [5, 5.41) is 0. The maximum atomic E-state index is 4.31. The Kier molecular flexibility index (Phi) is 2.96. The molecule has 36 valence electrons. The third-order valence-corrected chi connectivity index (χ3v) is 0.586. The Hall–Kier alpha value is 0.479. The first-order valence-electron chi connectivity index (χ1n) is 1.51. The summed E-state index contributed by atoms with van der Waals surface area (Å²) in [5.41, 5.74) is 0. The van der Waals surface area contributed by atoms with Crippen LogP contribution in [0.3, 0.4) is 0 Å². The third kappa shape index (κ3) is 4.48. The summed E-state index contributed by atoms with van der Waals surface area (Å²) in [4.78, 5) is 0. The molecule has 0 spiro atoms. The Morgan fingerprint density at radius 1 is 1.60 bits per heavy atom. The Labute approximate surface area is 40.8 Å². The van der Waals surface area contributed by atoms with Gasteiger partial charge in [-0.3, -0.25) is 0 Å². The van der Waals surface area contributed by atoms with Crippen LogP contribution in [0.5, 0.6) is 0 Å². The zero-order valence-corrected chi connectivity index (χ0v) is 4.23. The molecule has 0 bridgehead atoms. The molecule has 0 saturated carbocycles. The van der Waals surface area contributed by atoms with E-state index in [-0.39, 0.29) is 6.10 Å². The summed E-state index contributed by atoms with van der Waals surface area (Å²) in [5.74, 6) is 0. The molecule has 5 heavy (non-hydrogen) atoms. The summed E-state index contributed by atoms with van der Waals surface area (Å²) in [6.07, 6.45) is 0.190. The second-order valence-corrected chi connectivity index (χ2v) is 1.34. The molecular formula is C3H7CuO. The van der Waals surface area contributed by atoms with Gasteiger partial charge in [-0.15, -0.1) is 0 Å². The molecular weight excluding hydrogens is 116 g/mol. The summed E-state index contributed by atoms with van der Waals surface area (Å²) in [6.45, 7) is 3.78. The maximum absolute atomic E-state index is 4.31. The van der Waals surface area contributed by atoms with Crippen LogP contribution >= 0.6 is 0 Å². The molecule has 1 nitrogen and oxygen atoms in total. The molecule has 2 heteroatoms. The number of rotatable bonds is 1. The van der Waals surface area contributed by atoms with Gasteiger partial charge in [-0.1, -0.05) is 0 Å². The second kappa shape index (κ2) is 2.70. The summed E-state index contributed by atoms with van der Waals surface area (Å²) >= 11 is 4.30. The van der Waals surface area contributed by atoms with E-state index in [1.54, 1.807) is 0 Å². The second-order valence-electron chi connectivity index (χ2n) is 1.12. The molecule has 0 aliphatic carbocycles. The van der Waals surface area contributed by atoms with E-state index in [0.717, 1.165) is 0 Å². The predicted octanol–water partition coefficient (Wildman–Crippen LogP) is 0.873. The van der Waals surface area contributed by atoms with Crippen molar-refractivity contribution in [1.82, 2.24) is 0 Å². The normalized spacial score (nSPS) is 9.80. The van der Waals surface area contributed by atoms with Gasteiger partial charge in [0.1, 0.15) is 0 Å². The number of hydrogen-bond acceptors (Lipinski definition) is 1. The molecule has 0 aliphatic heterocycles. The van der Waals surface area contributed by atoms with Gasteiger partial charge < -0.3 is 0 Å².